The van der Waals surface area contributed by atoms with Crippen molar-refractivity contribution in [1.82, 2.24) is 4.67 Å². The van der Waals surface area contributed by atoms with E-state index in [1.54, 1.807) is 4.67 Å². The highest BCUT2D eigenvalue weighted by Gasteiger charge is 2.20. The summed E-state index contributed by atoms with van der Waals surface area (Å²) in [5.41, 5.74) is 1.88. The van der Waals surface area contributed by atoms with Crippen LogP contribution >= 0.6 is 21.0 Å². The van der Waals surface area contributed by atoms with Gasteiger partial charge in [0.25, 0.3) is 0 Å². The van der Waals surface area contributed by atoms with E-state index in [-0.39, 0.29) is 0 Å². The molecule has 0 fully saturated rings. The fourth-order valence-electron chi connectivity index (χ4n) is 1.08. The van der Waals surface area contributed by atoms with E-state index in [4.69, 9.17) is 17.0 Å². The second-order valence-corrected chi connectivity index (χ2v) is 3.47. The Morgan fingerprint density at radius 1 is 1.69 bits per heavy atom. The third kappa shape index (κ3) is 2.20. The summed E-state index contributed by atoms with van der Waals surface area (Å²) in [7, 11) is 2.46. The summed E-state index contributed by atoms with van der Waals surface area (Å²) in [6, 6.07) is 0. The van der Waals surface area contributed by atoms with Gasteiger partial charge in [0, 0.05) is 17.7 Å². The number of rotatable bonds is 2. The van der Waals surface area contributed by atoms with Crippen molar-refractivity contribution in [2.75, 3.05) is 5.88 Å². The highest BCUT2D eigenvalue weighted by Crippen LogP contribution is 2.26. The van der Waals surface area contributed by atoms with Gasteiger partial charge < -0.3 is 4.67 Å². The number of nitrogens with zero attached hydrogens (tertiary/aromatic N) is 1. The average Bonchev–Trinajstić information content (AvgIpc) is 2.40. The minimum atomic E-state index is 0.441. The highest BCUT2D eigenvalue weighted by atomic mass is 35.5. The van der Waals surface area contributed by atoms with E-state index in [1.165, 1.54) is 0 Å². The van der Waals surface area contributed by atoms with Crippen molar-refractivity contribution in [3.8, 4) is 0 Å². The Balaban J connectivity index is 2.96. The topological polar surface area (TPSA) is 27.1 Å². The number of hydrogen-bond donors (Lipinski definition) is 1. The van der Waals surface area contributed by atoms with E-state index in [2.05, 4.69) is 9.39 Å². The smallest absolute Gasteiger partial charge is 0.135 e. The van der Waals surface area contributed by atoms with Crippen molar-refractivity contribution in [1.29, 1.82) is 5.41 Å². The molecule has 1 rings (SSSR count). The molecule has 0 saturated carbocycles. The molecule has 0 radical (unpaired) electrons. The molecule has 1 unspecified atom stereocenters. The lowest BCUT2D eigenvalue weighted by Crippen LogP contribution is -2.09. The zero-order valence-corrected chi connectivity index (χ0v) is 9.33. The van der Waals surface area contributed by atoms with Crippen molar-refractivity contribution < 1.29 is 0 Å². The van der Waals surface area contributed by atoms with Gasteiger partial charge in [0.1, 0.15) is 5.84 Å². The number of halogens is 1. The van der Waals surface area contributed by atoms with Crippen LogP contribution in [0.3, 0.4) is 0 Å². The van der Waals surface area contributed by atoms with Crippen LogP contribution in [-0.4, -0.2) is 16.4 Å². The monoisotopic (exact) mass is 214 g/mol. The van der Waals surface area contributed by atoms with Crippen molar-refractivity contribution in [3.05, 3.63) is 35.6 Å². The Morgan fingerprint density at radius 2 is 2.38 bits per heavy atom. The minimum Gasteiger partial charge on any atom is -0.317 e. The van der Waals surface area contributed by atoms with Crippen LogP contribution in [0.1, 0.15) is 6.92 Å². The van der Waals surface area contributed by atoms with Crippen LogP contribution in [-0.2, 0) is 0 Å². The summed E-state index contributed by atoms with van der Waals surface area (Å²) >= 11 is 5.75. The van der Waals surface area contributed by atoms with Gasteiger partial charge in [0.05, 0.1) is 0 Å². The van der Waals surface area contributed by atoms with E-state index in [9.17, 15) is 0 Å². The molecule has 1 aliphatic heterocycles. The van der Waals surface area contributed by atoms with Crippen molar-refractivity contribution in [2.45, 2.75) is 6.92 Å². The molecule has 0 spiro atoms. The molecule has 0 amide bonds. The molecule has 1 N–H and O–H groups in total. The third-order valence-corrected chi connectivity index (χ3v) is 2.45. The maximum Gasteiger partial charge on any atom is 0.135 e. The van der Waals surface area contributed by atoms with Crippen LogP contribution in [0.4, 0.5) is 0 Å². The number of amidine groups is 1. The first-order chi connectivity index (χ1) is 6.20. The predicted molar refractivity (Wildman–Crippen MR) is 61.0 cm³/mol. The molecule has 70 valence electrons. The van der Waals surface area contributed by atoms with Crippen molar-refractivity contribution in [2.24, 2.45) is 0 Å². The molecule has 0 aromatic carbocycles. The predicted octanol–water partition coefficient (Wildman–Crippen LogP) is 2.69. The lowest BCUT2D eigenvalue weighted by molar-refractivity contribution is 0.940. The standard InChI is InChI=1S/C9H12ClN2P/c1-2-3-4-8-7(5-10)6-12(13)9(8)11/h2-4,6,11H,5,13H2,1H3/b3-2-,8-4-,11-9?. The number of alkyl halides is 1. The van der Waals surface area contributed by atoms with Crippen molar-refractivity contribution >= 4 is 26.8 Å². The normalized spacial score (nSPS) is 20.5. The van der Waals surface area contributed by atoms with Crippen LogP contribution in [0.15, 0.2) is 35.6 Å². The Bertz CT molecular complexity index is 305. The van der Waals surface area contributed by atoms with E-state index in [0.29, 0.717) is 11.7 Å². The van der Waals surface area contributed by atoms with Gasteiger partial charge in [-0.1, -0.05) is 18.2 Å². The molecular formula is C9H12ClN2P. The van der Waals surface area contributed by atoms with Crippen LogP contribution < -0.4 is 0 Å². The van der Waals surface area contributed by atoms with Gasteiger partial charge >= 0.3 is 0 Å². The zero-order chi connectivity index (χ0) is 9.84. The quantitative estimate of drug-likeness (QED) is 0.555. The summed E-state index contributed by atoms with van der Waals surface area (Å²) in [5.74, 6) is 0.912. The average molecular weight is 215 g/mol. The van der Waals surface area contributed by atoms with E-state index in [1.807, 2.05) is 31.4 Å². The SMILES string of the molecule is C/C=C\C=C1/C(=N)N(P)C=C1CCl. The van der Waals surface area contributed by atoms with Crippen LogP contribution in [0.2, 0.25) is 0 Å². The summed E-state index contributed by atoms with van der Waals surface area (Å²) < 4.78 is 1.69. The first kappa shape index (κ1) is 10.5. The van der Waals surface area contributed by atoms with Crippen LogP contribution in [0.5, 0.6) is 0 Å². The van der Waals surface area contributed by atoms with Gasteiger partial charge in [0.15, 0.2) is 0 Å². The Labute approximate surface area is 85.7 Å². The third-order valence-electron chi connectivity index (χ3n) is 1.75. The molecular weight excluding hydrogens is 203 g/mol. The molecule has 0 bridgehead atoms. The summed E-state index contributed by atoms with van der Waals surface area (Å²) in [5, 5.41) is 7.72. The number of allylic oxidation sites excluding steroid dienone is 3. The fraction of sp³-hybridized carbons (Fsp3) is 0.222. The molecule has 4 heteroatoms. The van der Waals surface area contributed by atoms with Crippen LogP contribution in [0.25, 0.3) is 0 Å². The molecule has 0 aliphatic carbocycles. The molecule has 0 saturated heterocycles. The lowest BCUT2D eigenvalue weighted by atomic mass is 10.1. The molecule has 0 aromatic heterocycles. The van der Waals surface area contributed by atoms with E-state index < -0.39 is 0 Å². The summed E-state index contributed by atoms with van der Waals surface area (Å²) in [6.07, 6.45) is 7.60. The van der Waals surface area contributed by atoms with E-state index in [0.717, 1.165) is 11.1 Å². The second-order valence-electron chi connectivity index (χ2n) is 2.65. The summed E-state index contributed by atoms with van der Waals surface area (Å²) in [6.45, 7) is 1.94. The fourth-order valence-corrected chi connectivity index (χ4v) is 1.61. The Hall–Kier alpha value is -0.590. The molecule has 1 aliphatic rings. The Morgan fingerprint density at radius 3 is 2.92 bits per heavy atom. The minimum absolute atomic E-state index is 0.441. The summed E-state index contributed by atoms with van der Waals surface area (Å²) in [4.78, 5) is 0. The molecule has 1 heterocycles. The zero-order valence-electron chi connectivity index (χ0n) is 7.42. The maximum atomic E-state index is 7.72. The second kappa shape index (κ2) is 4.59. The first-order valence-corrected chi connectivity index (χ1v) is 4.98. The largest absolute Gasteiger partial charge is 0.317 e. The van der Waals surface area contributed by atoms with Crippen LogP contribution in [0, 0.1) is 5.41 Å². The van der Waals surface area contributed by atoms with Gasteiger partial charge in [-0.25, -0.2) is 0 Å². The van der Waals surface area contributed by atoms with E-state index >= 15 is 0 Å². The van der Waals surface area contributed by atoms with Gasteiger partial charge in [-0.05, 0) is 21.9 Å². The van der Waals surface area contributed by atoms with Gasteiger partial charge in [-0.15, -0.1) is 11.6 Å². The highest BCUT2D eigenvalue weighted by molar-refractivity contribution is 7.15. The van der Waals surface area contributed by atoms with Gasteiger partial charge in [0.2, 0.25) is 0 Å². The Kier molecular flexibility index (Phi) is 3.71. The first-order valence-electron chi connectivity index (χ1n) is 3.93. The lowest BCUT2D eigenvalue weighted by Gasteiger charge is -2.06. The molecule has 0 aromatic rings. The van der Waals surface area contributed by atoms with Gasteiger partial charge in [-0.2, -0.15) is 0 Å². The van der Waals surface area contributed by atoms with Gasteiger partial charge in [-0.3, -0.25) is 5.41 Å². The maximum absolute atomic E-state index is 7.72. The molecule has 1 atom stereocenters. The molecule has 2 nitrogen and oxygen atoms in total. The molecule has 13 heavy (non-hydrogen) atoms. The van der Waals surface area contributed by atoms with Crippen molar-refractivity contribution in [3.63, 3.8) is 0 Å². The number of hydrogen-bond acceptors (Lipinski definition) is 1. The number of nitrogens with one attached hydrogen (secondary N) is 1.